The third-order valence-corrected chi connectivity index (χ3v) is 6.15. The fourth-order valence-corrected chi connectivity index (χ4v) is 4.33. The monoisotopic (exact) mass is 522 g/mol. The van der Waals surface area contributed by atoms with E-state index >= 15 is 0 Å². The molecule has 1 amide bonds. The maximum Gasteiger partial charge on any atom is 0.434 e. The summed E-state index contributed by atoms with van der Waals surface area (Å²) in [5, 5.41) is 0.559. The number of nitrogens with zero attached hydrogens (tertiary/aromatic N) is 4. The summed E-state index contributed by atoms with van der Waals surface area (Å²) in [4.78, 5) is 21.4. The summed E-state index contributed by atoms with van der Waals surface area (Å²) in [5.41, 5.74) is 3.95. The van der Waals surface area contributed by atoms with Crippen LogP contribution in [-0.4, -0.2) is 65.5 Å². The number of ether oxygens (including phenoxy) is 1. The van der Waals surface area contributed by atoms with E-state index in [2.05, 4.69) is 14.6 Å². The molecule has 1 aromatic carbocycles. The van der Waals surface area contributed by atoms with E-state index in [-0.39, 0.29) is 26.2 Å². The number of benzene rings is 1. The first-order chi connectivity index (χ1) is 16.4. The number of anilines is 1. The number of hydrogen-bond donors (Lipinski definition) is 0. The van der Waals surface area contributed by atoms with Gasteiger partial charge in [-0.25, -0.2) is 4.79 Å². The summed E-state index contributed by atoms with van der Waals surface area (Å²) in [6.07, 6.45) is -15.6. The number of rotatable bonds is 4. The highest BCUT2D eigenvalue weighted by atomic mass is 35.5. The molecule has 35 heavy (non-hydrogen) atoms. The van der Waals surface area contributed by atoms with Crippen LogP contribution >= 0.6 is 11.6 Å². The second-order valence-corrected chi connectivity index (χ2v) is 8.78. The van der Waals surface area contributed by atoms with Gasteiger partial charge in [0.1, 0.15) is 0 Å². The fourth-order valence-electron chi connectivity index (χ4n) is 4.16. The van der Waals surface area contributed by atoms with Crippen LogP contribution in [0.5, 0.6) is 0 Å². The Bertz CT molecular complexity index is 1030. The van der Waals surface area contributed by atoms with Crippen molar-refractivity contribution in [1.82, 2.24) is 14.8 Å². The van der Waals surface area contributed by atoms with E-state index in [0.29, 0.717) is 24.7 Å². The molecular formula is C22H21ClF6N4O2. The largest absolute Gasteiger partial charge is 0.434 e. The highest BCUT2D eigenvalue weighted by Gasteiger charge is 2.60. The Kier molecular flexibility index (Phi) is 7.05. The minimum Gasteiger partial charge on any atom is -0.426 e. The summed E-state index contributed by atoms with van der Waals surface area (Å²) < 4.78 is 79.9. The highest BCUT2D eigenvalue weighted by Crippen LogP contribution is 2.36. The fraction of sp³-hybridized carbons (Fsp3) is 0.455. The second-order valence-electron chi connectivity index (χ2n) is 8.35. The Morgan fingerprint density at radius 2 is 1.71 bits per heavy atom. The average Bonchev–Trinajstić information content (AvgIpc) is 3.21. The predicted octanol–water partition coefficient (Wildman–Crippen LogP) is 5.00. The van der Waals surface area contributed by atoms with Crippen LogP contribution < -0.4 is 4.90 Å². The molecule has 2 aliphatic heterocycles. The smallest absolute Gasteiger partial charge is 0.426 e. The molecule has 1 aromatic heterocycles. The lowest BCUT2D eigenvalue weighted by molar-refractivity contribution is -0.308. The molecule has 1 fully saturated rings. The van der Waals surface area contributed by atoms with E-state index in [0.717, 1.165) is 27.4 Å². The van der Waals surface area contributed by atoms with Crippen molar-refractivity contribution < 1.29 is 35.9 Å². The molecule has 0 N–H and O–H groups in total. The summed E-state index contributed by atoms with van der Waals surface area (Å²) in [7, 11) is 0. The van der Waals surface area contributed by atoms with E-state index in [4.69, 9.17) is 11.6 Å². The van der Waals surface area contributed by atoms with Crippen LogP contribution in [-0.2, 0) is 24.4 Å². The summed E-state index contributed by atoms with van der Waals surface area (Å²) in [6, 6.07) is 9.37. The molecule has 6 nitrogen and oxygen atoms in total. The van der Waals surface area contributed by atoms with Crippen LogP contribution in [0, 0.1) is 0 Å². The Hall–Kier alpha value is -2.73. The maximum absolute atomic E-state index is 12.7. The van der Waals surface area contributed by atoms with Crippen LogP contribution in [0.3, 0.4) is 0 Å². The zero-order valence-electron chi connectivity index (χ0n) is 18.2. The van der Waals surface area contributed by atoms with Gasteiger partial charge in [-0.1, -0.05) is 23.7 Å². The van der Waals surface area contributed by atoms with Gasteiger partial charge in [-0.05, 0) is 29.3 Å². The molecule has 3 heterocycles. The minimum atomic E-state index is -5.74. The lowest BCUT2D eigenvalue weighted by atomic mass is 10.1. The van der Waals surface area contributed by atoms with Gasteiger partial charge in [0, 0.05) is 56.2 Å². The van der Waals surface area contributed by atoms with Gasteiger partial charge in [-0.3, -0.25) is 9.88 Å². The molecule has 4 rings (SSSR count). The summed E-state index contributed by atoms with van der Waals surface area (Å²) >= 11 is 6.23. The molecular weight excluding hydrogens is 502 g/mol. The number of fused-ring (bicyclic) bond motifs is 1. The molecule has 1 saturated heterocycles. The van der Waals surface area contributed by atoms with Gasteiger partial charge in [0.25, 0.3) is 6.10 Å². The Balaban J connectivity index is 1.38. The molecule has 2 aliphatic rings. The lowest BCUT2D eigenvalue weighted by Gasteiger charge is -2.35. The molecule has 0 saturated carbocycles. The van der Waals surface area contributed by atoms with E-state index in [1.54, 1.807) is 12.3 Å². The quantitative estimate of drug-likeness (QED) is 0.529. The third-order valence-electron chi connectivity index (χ3n) is 5.91. The number of alkyl halides is 6. The van der Waals surface area contributed by atoms with Crippen molar-refractivity contribution in [2.75, 3.05) is 31.1 Å². The number of carbonyl (C=O) groups excluding carboxylic acids is 1. The third kappa shape index (κ3) is 5.92. The minimum absolute atomic E-state index is 0.0662. The number of carbonyl (C=O) groups is 1. The van der Waals surface area contributed by atoms with Crippen molar-refractivity contribution in [1.29, 1.82) is 0 Å². The number of amides is 1. The van der Waals surface area contributed by atoms with Gasteiger partial charge >= 0.3 is 18.4 Å². The van der Waals surface area contributed by atoms with Crippen molar-refractivity contribution >= 4 is 23.4 Å². The second kappa shape index (κ2) is 9.73. The zero-order valence-corrected chi connectivity index (χ0v) is 19.0. The number of halogens is 7. The molecule has 0 bridgehead atoms. The Labute approximate surface area is 202 Å². The molecule has 0 aliphatic carbocycles. The SMILES string of the molecule is O=C(OC(C(F)(F)F)C(F)(F)F)N1CCN(Cc2ccc(Cl)cc2N2Cc3cccnc3C2)CC1. The van der Waals surface area contributed by atoms with Crippen molar-refractivity contribution in [3.8, 4) is 0 Å². The Morgan fingerprint density at radius 3 is 2.34 bits per heavy atom. The average molecular weight is 523 g/mol. The molecule has 0 radical (unpaired) electrons. The van der Waals surface area contributed by atoms with Gasteiger partial charge in [-0.2, -0.15) is 26.3 Å². The topological polar surface area (TPSA) is 48.9 Å². The molecule has 2 aromatic rings. The lowest BCUT2D eigenvalue weighted by Crippen LogP contribution is -2.52. The summed E-state index contributed by atoms with van der Waals surface area (Å²) in [5.74, 6) is 0. The van der Waals surface area contributed by atoms with E-state index in [1.165, 1.54) is 0 Å². The maximum atomic E-state index is 12.7. The molecule has 190 valence electrons. The highest BCUT2D eigenvalue weighted by molar-refractivity contribution is 6.30. The zero-order chi connectivity index (χ0) is 25.4. The standard InChI is InChI=1S/C22H21ClF6N4O2/c23-16-4-3-15(18(10-16)33-12-14-2-1-5-30-17(14)13-33)11-31-6-8-32(9-7-31)20(34)35-19(21(24,25)26)22(27,28)29/h1-5,10,19H,6-9,11-13H2. The number of piperazine rings is 1. The molecule has 0 unspecified atom stereocenters. The van der Waals surface area contributed by atoms with Crippen LogP contribution in [0.2, 0.25) is 5.02 Å². The predicted molar refractivity (Wildman–Crippen MR) is 115 cm³/mol. The number of aromatic nitrogens is 1. The first-order valence-electron chi connectivity index (χ1n) is 10.7. The van der Waals surface area contributed by atoms with Crippen LogP contribution in [0.25, 0.3) is 0 Å². The van der Waals surface area contributed by atoms with Crippen molar-refractivity contribution in [3.05, 3.63) is 58.4 Å². The van der Waals surface area contributed by atoms with Gasteiger partial charge < -0.3 is 14.5 Å². The number of hydrogen-bond acceptors (Lipinski definition) is 5. The normalized spacial score (nSPS) is 17.1. The Morgan fingerprint density at radius 1 is 1.03 bits per heavy atom. The number of pyridine rings is 1. The van der Waals surface area contributed by atoms with Gasteiger partial charge in [0.15, 0.2) is 0 Å². The van der Waals surface area contributed by atoms with Crippen LogP contribution in [0.15, 0.2) is 36.5 Å². The molecule has 13 heteroatoms. The summed E-state index contributed by atoms with van der Waals surface area (Å²) in [6.45, 7) is 2.11. The van der Waals surface area contributed by atoms with Crippen molar-refractivity contribution in [3.63, 3.8) is 0 Å². The van der Waals surface area contributed by atoms with E-state index in [1.807, 2.05) is 29.2 Å². The van der Waals surface area contributed by atoms with Gasteiger partial charge in [0.05, 0.1) is 12.2 Å². The van der Waals surface area contributed by atoms with Crippen molar-refractivity contribution in [2.45, 2.75) is 38.1 Å². The van der Waals surface area contributed by atoms with E-state index < -0.39 is 24.5 Å². The van der Waals surface area contributed by atoms with Crippen LogP contribution in [0.4, 0.5) is 36.8 Å². The molecule has 0 atom stereocenters. The van der Waals surface area contributed by atoms with E-state index in [9.17, 15) is 31.1 Å². The van der Waals surface area contributed by atoms with Gasteiger partial charge in [0.2, 0.25) is 0 Å². The van der Waals surface area contributed by atoms with Crippen molar-refractivity contribution in [2.24, 2.45) is 0 Å². The molecule has 0 spiro atoms. The first kappa shape index (κ1) is 25.4. The van der Waals surface area contributed by atoms with Gasteiger partial charge in [-0.15, -0.1) is 0 Å². The first-order valence-corrected chi connectivity index (χ1v) is 11.1. The van der Waals surface area contributed by atoms with Crippen LogP contribution in [0.1, 0.15) is 16.8 Å².